The Labute approximate surface area is 195 Å². The van der Waals surface area contributed by atoms with E-state index < -0.39 is 12.1 Å². The van der Waals surface area contributed by atoms with Gasteiger partial charge >= 0.3 is 5.97 Å². The standard InChI is InChI=1S/C25H35N3O5/c1-5-7-13-28(14-8-6-2)20-9-11-24(22(16-20)23-10-12-25(31)27-26-23)32-17-21(15-18(3)29)33-19(4)30/h9-12,16,21H,5-8,13-15,17H2,1-4H3,(H,27,31). The Morgan fingerprint density at radius 1 is 1.06 bits per heavy atom. The number of carbonyl (C=O) groups excluding carboxylic acids is 2. The summed E-state index contributed by atoms with van der Waals surface area (Å²) in [5, 5.41) is 6.65. The molecule has 0 spiro atoms. The highest BCUT2D eigenvalue weighted by Crippen LogP contribution is 2.33. The number of rotatable bonds is 14. The van der Waals surface area contributed by atoms with Gasteiger partial charge in [0.15, 0.2) is 0 Å². The van der Waals surface area contributed by atoms with E-state index in [0.717, 1.165) is 44.5 Å². The van der Waals surface area contributed by atoms with Gasteiger partial charge in [-0.1, -0.05) is 26.7 Å². The predicted octanol–water partition coefficient (Wildman–Crippen LogP) is 4.13. The van der Waals surface area contributed by atoms with Crippen LogP contribution in [-0.2, 0) is 14.3 Å². The summed E-state index contributed by atoms with van der Waals surface area (Å²) in [5.41, 5.74) is 2.04. The first-order valence-corrected chi connectivity index (χ1v) is 11.6. The van der Waals surface area contributed by atoms with Gasteiger partial charge in [0.1, 0.15) is 24.2 Å². The summed E-state index contributed by atoms with van der Waals surface area (Å²) in [6.45, 7) is 9.02. The topological polar surface area (TPSA) is 102 Å². The second kappa shape index (κ2) is 13.4. The highest BCUT2D eigenvalue weighted by Gasteiger charge is 2.18. The van der Waals surface area contributed by atoms with Crippen LogP contribution in [-0.4, -0.2) is 47.8 Å². The number of benzene rings is 1. The molecule has 0 aliphatic carbocycles. The summed E-state index contributed by atoms with van der Waals surface area (Å²) < 4.78 is 11.2. The molecule has 0 aliphatic heterocycles. The van der Waals surface area contributed by atoms with E-state index in [-0.39, 0.29) is 24.4 Å². The molecule has 0 aliphatic rings. The smallest absolute Gasteiger partial charge is 0.303 e. The van der Waals surface area contributed by atoms with Gasteiger partial charge in [0.05, 0.1) is 5.69 Å². The van der Waals surface area contributed by atoms with Crippen LogP contribution in [0.1, 0.15) is 59.8 Å². The van der Waals surface area contributed by atoms with E-state index in [1.807, 2.05) is 18.2 Å². The zero-order chi connectivity index (χ0) is 24.2. The summed E-state index contributed by atoms with van der Waals surface area (Å²) >= 11 is 0. The molecular weight excluding hydrogens is 422 g/mol. The van der Waals surface area contributed by atoms with Crippen molar-refractivity contribution in [2.24, 2.45) is 0 Å². The van der Waals surface area contributed by atoms with Crippen LogP contribution in [0.5, 0.6) is 5.75 Å². The van der Waals surface area contributed by atoms with Gasteiger partial charge in [-0.25, -0.2) is 5.10 Å². The fourth-order valence-corrected chi connectivity index (χ4v) is 3.48. The maximum absolute atomic E-state index is 11.6. The highest BCUT2D eigenvalue weighted by molar-refractivity contribution is 5.76. The van der Waals surface area contributed by atoms with E-state index in [9.17, 15) is 14.4 Å². The molecule has 0 saturated heterocycles. The molecule has 180 valence electrons. The van der Waals surface area contributed by atoms with Crippen LogP contribution in [0.15, 0.2) is 35.1 Å². The second-order valence-corrected chi connectivity index (χ2v) is 8.13. The zero-order valence-corrected chi connectivity index (χ0v) is 20.1. The van der Waals surface area contributed by atoms with Crippen LogP contribution in [0, 0.1) is 0 Å². The molecule has 0 amide bonds. The molecule has 8 nitrogen and oxygen atoms in total. The Kier molecular flexibility index (Phi) is 10.6. The Hall–Kier alpha value is -3.16. The quantitative estimate of drug-likeness (QED) is 0.426. The minimum atomic E-state index is -0.679. The van der Waals surface area contributed by atoms with E-state index in [0.29, 0.717) is 17.0 Å². The minimum Gasteiger partial charge on any atom is -0.489 e. The third kappa shape index (κ3) is 8.71. The van der Waals surface area contributed by atoms with Gasteiger partial charge in [0.2, 0.25) is 0 Å². The molecule has 1 aromatic heterocycles. The number of Topliss-reactive ketones (excluding diaryl/α,β-unsaturated/α-hetero) is 1. The van der Waals surface area contributed by atoms with Crippen molar-refractivity contribution in [3.05, 3.63) is 40.7 Å². The van der Waals surface area contributed by atoms with Crippen LogP contribution >= 0.6 is 0 Å². The van der Waals surface area contributed by atoms with Crippen molar-refractivity contribution in [3.63, 3.8) is 0 Å². The molecule has 1 aromatic carbocycles. The molecule has 0 radical (unpaired) electrons. The van der Waals surface area contributed by atoms with Gasteiger partial charge in [0, 0.05) is 43.8 Å². The van der Waals surface area contributed by atoms with E-state index in [1.54, 1.807) is 6.07 Å². The number of nitrogens with zero attached hydrogens (tertiary/aromatic N) is 2. The van der Waals surface area contributed by atoms with Gasteiger partial charge < -0.3 is 14.4 Å². The van der Waals surface area contributed by atoms with E-state index >= 15 is 0 Å². The van der Waals surface area contributed by atoms with E-state index in [1.165, 1.54) is 19.9 Å². The maximum atomic E-state index is 11.6. The number of nitrogens with one attached hydrogen (secondary N) is 1. The van der Waals surface area contributed by atoms with Crippen LogP contribution in [0.3, 0.4) is 0 Å². The van der Waals surface area contributed by atoms with E-state index in [2.05, 4.69) is 28.9 Å². The molecule has 0 fully saturated rings. The number of unbranched alkanes of at least 4 members (excludes halogenated alkanes) is 2. The monoisotopic (exact) mass is 457 g/mol. The van der Waals surface area contributed by atoms with Crippen molar-refractivity contribution in [2.75, 3.05) is 24.6 Å². The number of carbonyl (C=O) groups is 2. The molecule has 8 heteroatoms. The second-order valence-electron chi connectivity index (χ2n) is 8.13. The average Bonchev–Trinajstić information content (AvgIpc) is 2.77. The fraction of sp³-hybridized carbons (Fsp3) is 0.520. The first-order valence-electron chi connectivity index (χ1n) is 11.6. The minimum absolute atomic E-state index is 0.0320. The summed E-state index contributed by atoms with van der Waals surface area (Å²) in [6.07, 6.45) is 3.78. The Balaban J connectivity index is 2.38. The first kappa shape index (κ1) is 26.1. The van der Waals surface area contributed by atoms with Crippen LogP contribution in [0.25, 0.3) is 11.3 Å². The molecular formula is C25H35N3O5. The number of hydrogen-bond acceptors (Lipinski definition) is 7. The lowest BCUT2D eigenvalue weighted by molar-refractivity contribution is -0.149. The molecule has 33 heavy (non-hydrogen) atoms. The van der Waals surface area contributed by atoms with Crippen LogP contribution < -0.4 is 15.2 Å². The zero-order valence-electron chi connectivity index (χ0n) is 20.1. The Morgan fingerprint density at radius 2 is 1.76 bits per heavy atom. The lowest BCUT2D eigenvalue weighted by Gasteiger charge is -2.26. The van der Waals surface area contributed by atoms with Crippen molar-refractivity contribution in [1.29, 1.82) is 0 Å². The summed E-state index contributed by atoms with van der Waals surface area (Å²) in [5.74, 6) is -0.0274. The maximum Gasteiger partial charge on any atom is 0.303 e. The number of ether oxygens (including phenoxy) is 2. The Morgan fingerprint density at radius 3 is 2.30 bits per heavy atom. The molecule has 2 aromatic rings. The van der Waals surface area contributed by atoms with Crippen molar-refractivity contribution < 1.29 is 19.1 Å². The van der Waals surface area contributed by atoms with Crippen molar-refractivity contribution >= 4 is 17.4 Å². The summed E-state index contributed by atoms with van der Waals surface area (Å²) in [7, 11) is 0. The fourth-order valence-electron chi connectivity index (χ4n) is 3.48. The summed E-state index contributed by atoms with van der Waals surface area (Å²) in [6, 6.07) is 8.93. The molecule has 1 atom stereocenters. The lowest BCUT2D eigenvalue weighted by Crippen LogP contribution is -2.27. The predicted molar refractivity (Wildman–Crippen MR) is 129 cm³/mol. The molecule has 1 unspecified atom stereocenters. The number of aromatic amines is 1. The number of esters is 1. The molecule has 2 rings (SSSR count). The van der Waals surface area contributed by atoms with Crippen LogP contribution in [0.4, 0.5) is 5.69 Å². The van der Waals surface area contributed by atoms with Gasteiger partial charge in [-0.2, -0.15) is 5.10 Å². The molecule has 0 bridgehead atoms. The van der Waals surface area contributed by atoms with Gasteiger partial charge in [0.25, 0.3) is 5.56 Å². The highest BCUT2D eigenvalue weighted by atomic mass is 16.6. The Bertz CT molecular complexity index is 928. The SMILES string of the molecule is CCCCN(CCCC)c1ccc(OCC(CC(C)=O)OC(C)=O)c(-c2ccc(=O)[nH]n2)c1. The summed E-state index contributed by atoms with van der Waals surface area (Å²) in [4.78, 5) is 36.9. The van der Waals surface area contributed by atoms with Gasteiger partial charge in [-0.05, 0) is 44.0 Å². The third-order valence-electron chi connectivity index (χ3n) is 5.12. The number of H-pyrrole nitrogens is 1. The van der Waals surface area contributed by atoms with Crippen molar-refractivity contribution in [3.8, 4) is 17.0 Å². The normalized spacial score (nSPS) is 11.6. The largest absolute Gasteiger partial charge is 0.489 e. The van der Waals surface area contributed by atoms with Crippen molar-refractivity contribution in [2.45, 2.75) is 65.9 Å². The number of ketones is 1. The van der Waals surface area contributed by atoms with Crippen LogP contribution in [0.2, 0.25) is 0 Å². The van der Waals surface area contributed by atoms with Gasteiger partial charge in [-0.15, -0.1) is 0 Å². The molecule has 1 heterocycles. The number of anilines is 1. The van der Waals surface area contributed by atoms with E-state index in [4.69, 9.17) is 9.47 Å². The number of aromatic nitrogens is 2. The molecule has 1 N–H and O–H groups in total. The van der Waals surface area contributed by atoms with Crippen molar-refractivity contribution in [1.82, 2.24) is 10.2 Å². The van der Waals surface area contributed by atoms with Gasteiger partial charge in [-0.3, -0.25) is 14.4 Å². The molecule has 0 saturated carbocycles. The average molecular weight is 458 g/mol. The third-order valence-corrected chi connectivity index (χ3v) is 5.12. The number of hydrogen-bond donors (Lipinski definition) is 1. The lowest BCUT2D eigenvalue weighted by atomic mass is 10.1. The first-order chi connectivity index (χ1) is 15.8.